The molecule has 0 bridgehead atoms. The quantitative estimate of drug-likeness (QED) is 0.686. The number of carbonyl (C=O) groups excluding carboxylic acids is 2. The predicted molar refractivity (Wildman–Crippen MR) is 135 cm³/mol. The minimum absolute atomic E-state index is 0.0341. The first-order valence-electron chi connectivity index (χ1n) is 12.8. The number of nitrogens with one attached hydrogen (secondary N) is 1. The molecule has 0 aromatic heterocycles. The minimum atomic E-state index is -0.224. The number of hydrogen-bond acceptors (Lipinski definition) is 4. The fraction of sp³-hybridized carbons (Fsp3) is 0.500. The summed E-state index contributed by atoms with van der Waals surface area (Å²) in [6.45, 7) is 7.52. The lowest BCUT2D eigenvalue weighted by atomic mass is 9.98. The lowest BCUT2D eigenvalue weighted by Crippen LogP contribution is -2.55. The topological polar surface area (TPSA) is 55.9 Å². The summed E-state index contributed by atoms with van der Waals surface area (Å²) in [5.41, 5.74) is 2.15. The molecular weight excluding hydrogens is 424 g/mol. The van der Waals surface area contributed by atoms with E-state index in [1.54, 1.807) is 0 Å². The summed E-state index contributed by atoms with van der Waals surface area (Å²) < 4.78 is 0. The van der Waals surface area contributed by atoms with E-state index < -0.39 is 0 Å². The largest absolute Gasteiger partial charge is 0.344 e. The van der Waals surface area contributed by atoms with E-state index in [1.807, 2.05) is 48.2 Å². The van der Waals surface area contributed by atoms with E-state index in [9.17, 15) is 9.59 Å². The van der Waals surface area contributed by atoms with Gasteiger partial charge in [-0.25, -0.2) is 0 Å². The Morgan fingerprint density at radius 2 is 1.29 bits per heavy atom. The highest BCUT2D eigenvalue weighted by molar-refractivity contribution is 5.82. The molecule has 2 amide bonds. The smallest absolute Gasteiger partial charge is 0.237 e. The zero-order chi connectivity index (χ0) is 23.8. The van der Waals surface area contributed by atoms with Gasteiger partial charge in [-0.3, -0.25) is 19.4 Å². The van der Waals surface area contributed by atoms with Crippen molar-refractivity contribution in [3.63, 3.8) is 0 Å². The van der Waals surface area contributed by atoms with Crippen molar-refractivity contribution in [1.29, 1.82) is 0 Å². The van der Waals surface area contributed by atoms with Crippen LogP contribution in [0.3, 0.4) is 0 Å². The van der Waals surface area contributed by atoms with Gasteiger partial charge >= 0.3 is 0 Å². The first kappa shape index (κ1) is 24.4. The normalized spacial score (nSPS) is 18.9. The Kier molecular flexibility index (Phi) is 8.72. The van der Waals surface area contributed by atoms with Crippen molar-refractivity contribution >= 4 is 11.8 Å². The van der Waals surface area contributed by atoms with Crippen LogP contribution in [0.15, 0.2) is 60.7 Å². The number of rotatable bonds is 7. The number of carbonyl (C=O) groups is 2. The number of hydrogen-bond donors (Lipinski definition) is 1. The lowest BCUT2D eigenvalue weighted by Gasteiger charge is -2.38. The Labute approximate surface area is 203 Å². The fourth-order valence-electron chi connectivity index (χ4n) is 5.00. The number of piperazine rings is 1. The van der Waals surface area contributed by atoms with Crippen LogP contribution in [-0.4, -0.2) is 78.4 Å². The molecule has 2 saturated heterocycles. The van der Waals surface area contributed by atoms with Gasteiger partial charge in [-0.2, -0.15) is 0 Å². The van der Waals surface area contributed by atoms with E-state index in [0.717, 1.165) is 63.2 Å². The SMILES string of the molecule is C[C@@H](C(=O)NC(c1ccccc1)c1ccccc1)N1CCN(CC(=O)N2CCCCCC2)CC1. The average molecular weight is 463 g/mol. The average Bonchev–Trinajstić information content (AvgIpc) is 3.18. The molecule has 0 radical (unpaired) electrons. The molecule has 6 heteroatoms. The van der Waals surface area contributed by atoms with Crippen molar-refractivity contribution in [2.75, 3.05) is 45.8 Å². The van der Waals surface area contributed by atoms with Gasteiger partial charge in [0.1, 0.15) is 0 Å². The number of amides is 2. The monoisotopic (exact) mass is 462 g/mol. The summed E-state index contributed by atoms with van der Waals surface area (Å²) in [5.74, 6) is 0.293. The standard InChI is InChI=1S/C28H38N4O2/c1-23(28(34)29-27(24-12-6-4-7-13-24)25-14-8-5-9-15-25)31-20-18-30(19-21-31)22-26(33)32-16-10-2-3-11-17-32/h4-9,12-15,23,27H,2-3,10-11,16-22H2,1H3,(H,29,34)/t23-/m0/s1. The van der Waals surface area contributed by atoms with Gasteiger partial charge in [-0.15, -0.1) is 0 Å². The van der Waals surface area contributed by atoms with Crippen LogP contribution in [0.4, 0.5) is 0 Å². The molecule has 6 nitrogen and oxygen atoms in total. The van der Waals surface area contributed by atoms with E-state index >= 15 is 0 Å². The molecule has 0 spiro atoms. The molecule has 2 aromatic carbocycles. The summed E-state index contributed by atoms with van der Waals surface area (Å²) >= 11 is 0. The van der Waals surface area contributed by atoms with E-state index in [0.29, 0.717) is 6.54 Å². The molecule has 0 unspecified atom stereocenters. The maximum absolute atomic E-state index is 13.3. The second kappa shape index (κ2) is 12.1. The Morgan fingerprint density at radius 3 is 1.82 bits per heavy atom. The van der Waals surface area contributed by atoms with Crippen molar-refractivity contribution < 1.29 is 9.59 Å². The summed E-state index contributed by atoms with van der Waals surface area (Å²) in [7, 11) is 0. The molecule has 1 N–H and O–H groups in total. The van der Waals surface area contributed by atoms with Gasteiger partial charge in [0.2, 0.25) is 11.8 Å². The van der Waals surface area contributed by atoms with Crippen LogP contribution in [0.2, 0.25) is 0 Å². The molecule has 1 atom stereocenters. The summed E-state index contributed by atoms with van der Waals surface area (Å²) in [4.78, 5) is 32.5. The zero-order valence-corrected chi connectivity index (χ0v) is 20.4. The van der Waals surface area contributed by atoms with Crippen LogP contribution in [-0.2, 0) is 9.59 Å². The molecule has 2 aromatic rings. The molecule has 0 aliphatic carbocycles. The third-order valence-corrected chi connectivity index (χ3v) is 7.20. The highest BCUT2D eigenvalue weighted by Crippen LogP contribution is 2.22. The van der Waals surface area contributed by atoms with E-state index in [-0.39, 0.29) is 23.9 Å². The molecular formula is C28H38N4O2. The van der Waals surface area contributed by atoms with Gasteiger partial charge in [0.05, 0.1) is 18.6 Å². The highest BCUT2D eigenvalue weighted by atomic mass is 16.2. The summed E-state index contributed by atoms with van der Waals surface area (Å²) in [6.07, 6.45) is 4.72. The molecule has 0 saturated carbocycles. The molecule has 2 fully saturated rings. The molecule has 182 valence electrons. The van der Waals surface area contributed by atoms with Crippen LogP contribution >= 0.6 is 0 Å². The molecule has 34 heavy (non-hydrogen) atoms. The predicted octanol–water partition coefficient (Wildman–Crippen LogP) is 3.30. The third kappa shape index (κ3) is 6.45. The maximum Gasteiger partial charge on any atom is 0.237 e. The van der Waals surface area contributed by atoms with Crippen molar-refractivity contribution in [2.45, 2.75) is 44.7 Å². The van der Waals surface area contributed by atoms with Crippen molar-refractivity contribution in [3.05, 3.63) is 71.8 Å². The molecule has 2 aliphatic rings. The maximum atomic E-state index is 13.3. The minimum Gasteiger partial charge on any atom is -0.344 e. The van der Waals surface area contributed by atoms with Crippen molar-refractivity contribution in [1.82, 2.24) is 20.0 Å². The third-order valence-electron chi connectivity index (χ3n) is 7.20. The first-order valence-corrected chi connectivity index (χ1v) is 12.8. The van der Waals surface area contributed by atoms with Crippen LogP contribution in [0.25, 0.3) is 0 Å². The Hall–Kier alpha value is -2.70. The van der Waals surface area contributed by atoms with E-state index in [2.05, 4.69) is 39.4 Å². The zero-order valence-electron chi connectivity index (χ0n) is 20.4. The molecule has 2 aliphatic heterocycles. The Morgan fingerprint density at radius 1 is 0.765 bits per heavy atom. The molecule has 4 rings (SSSR count). The number of nitrogens with zero attached hydrogens (tertiary/aromatic N) is 3. The first-order chi connectivity index (χ1) is 16.6. The van der Waals surface area contributed by atoms with Crippen LogP contribution < -0.4 is 5.32 Å². The van der Waals surface area contributed by atoms with E-state index in [4.69, 9.17) is 0 Å². The van der Waals surface area contributed by atoms with Gasteiger partial charge in [0, 0.05) is 39.3 Å². The van der Waals surface area contributed by atoms with Gasteiger partial charge in [-0.05, 0) is 30.9 Å². The summed E-state index contributed by atoms with van der Waals surface area (Å²) in [6, 6.07) is 19.8. The Balaban J connectivity index is 1.31. The summed E-state index contributed by atoms with van der Waals surface area (Å²) in [5, 5.41) is 3.28. The highest BCUT2D eigenvalue weighted by Gasteiger charge is 2.29. The fourth-order valence-corrected chi connectivity index (χ4v) is 5.00. The number of likely N-dealkylation sites (tertiary alicyclic amines) is 1. The van der Waals surface area contributed by atoms with Crippen LogP contribution in [0, 0.1) is 0 Å². The van der Waals surface area contributed by atoms with Crippen molar-refractivity contribution in [2.24, 2.45) is 0 Å². The van der Waals surface area contributed by atoms with Gasteiger partial charge in [-0.1, -0.05) is 73.5 Å². The lowest BCUT2D eigenvalue weighted by molar-refractivity contribution is -0.134. The van der Waals surface area contributed by atoms with Crippen molar-refractivity contribution in [3.8, 4) is 0 Å². The second-order valence-electron chi connectivity index (χ2n) is 9.55. The van der Waals surface area contributed by atoms with Gasteiger partial charge in [0.15, 0.2) is 0 Å². The number of benzene rings is 2. The van der Waals surface area contributed by atoms with Crippen LogP contribution in [0.5, 0.6) is 0 Å². The second-order valence-corrected chi connectivity index (χ2v) is 9.55. The molecule has 2 heterocycles. The van der Waals surface area contributed by atoms with Gasteiger partial charge < -0.3 is 10.2 Å². The van der Waals surface area contributed by atoms with Gasteiger partial charge in [0.25, 0.3) is 0 Å². The van der Waals surface area contributed by atoms with E-state index in [1.165, 1.54) is 12.8 Å². The Bertz CT molecular complexity index is 865. The van der Waals surface area contributed by atoms with Crippen LogP contribution in [0.1, 0.15) is 49.8 Å².